The highest BCUT2D eigenvalue weighted by molar-refractivity contribution is 6.01. The van der Waals surface area contributed by atoms with E-state index in [9.17, 15) is 9.59 Å². The first-order valence-electron chi connectivity index (χ1n) is 12.0. The minimum absolute atomic E-state index is 0.0242. The van der Waals surface area contributed by atoms with Crippen molar-refractivity contribution in [2.24, 2.45) is 17.8 Å². The van der Waals surface area contributed by atoms with Crippen molar-refractivity contribution in [3.8, 4) is 5.75 Å². The van der Waals surface area contributed by atoms with Crippen LogP contribution in [0.15, 0.2) is 42.6 Å². The van der Waals surface area contributed by atoms with Crippen LogP contribution >= 0.6 is 0 Å². The summed E-state index contributed by atoms with van der Waals surface area (Å²) in [6.07, 6.45) is 5.23. The van der Waals surface area contributed by atoms with Crippen LogP contribution in [-0.4, -0.2) is 59.2 Å². The summed E-state index contributed by atoms with van der Waals surface area (Å²) in [5, 5.41) is 11.4. The molecule has 3 fully saturated rings. The average molecular weight is 450 g/mol. The van der Waals surface area contributed by atoms with Crippen LogP contribution in [0.3, 0.4) is 0 Å². The lowest BCUT2D eigenvalue weighted by molar-refractivity contribution is -0.134. The third-order valence-electron chi connectivity index (χ3n) is 7.00. The lowest BCUT2D eigenvalue weighted by Crippen LogP contribution is -2.42. The van der Waals surface area contributed by atoms with E-state index in [4.69, 9.17) is 4.74 Å². The molecule has 3 atom stereocenters. The molecule has 1 saturated carbocycles. The largest absolute Gasteiger partial charge is 0.490 e. The summed E-state index contributed by atoms with van der Waals surface area (Å²) in [5.41, 5.74) is 0.749. The zero-order chi connectivity index (χ0) is 22.8. The lowest BCUT2D eigenvalue weighted by Gasteiger charge is -2.32. The van der Waals surface area contributed by atoms with Gasteiger partial charge in [-0.3, -0.25) is 14.5 Å². The third kappa shape index (κ3) is 4.85. The Hall–Kier alpha value is -3.00. The molecule has 1 aromatic carbocycles. The molecule has 2 unspecified atom stereocenters. The molecule has 8 nitrogen and oxygen atoms in total. The Bertz CT molecular complexity index is 969. The van der Waals surface area contributed by atoms with Gasteiger partial charge >= 0.3 is 0 Å². The van der Waals surface area contributed by atoms with Crippen molar-refractivity contribution < 1.29 is 14.3 Å². The quantitative estimate of drug-likeness (QED) is 0.730. The van der Waals surface area contributed by atoms with E-state index < -0.39 is 0 Å². The molecule has 2 saturated heterocycles. The first-order chi connectivity index (χ1) is 16.1. The van der Waals surface area contributed by atoms with E-state index in [1.807, 2.05) is 29.2 Å². The fraction of sp³-hybridized carbons (Fsp3) is 0.520. The van der Waals surface area contributed by atoms with Crippen LogP contribution < -0.4 is 15.0 Å². The Morgan fingerprint density at radius 1 is 1.12 bits per heavy atom. The summed E-state index contributed by atoms with van der Waals surface area (Å²) >= 11 is 0. The summed E-state index contributed by atoms with van der Waals surface area (Å²) in [4.78, 5) is 29.4. The number of benzene rings is 1. The second kappa shape index (κ2) is 9.47. The SMILES string of the molecule is CC1CC1C(=O)N1CCC(Oc2ccc(N(C(=O)[C@H]3CCNC3)c3cccnn3)cc2)CC1. The number of anilines is 2. The highest BCUT2D eigenvalue weighted by atomic mass is 16.5. The molecule has 3 heterocycles. The number of piperidine rings is 1. The van der Waals surface area contributed by atoms with Gasteiger partial charge in [-0.1, -0.05) is 6.92 Å². The number of aromatic nitrogens is 2. The van der Waals surface area contributed by atoms with Gasteiger partial charge in [-0.05, 0) is 61.7 Å². The molecule has 1 N–H and O–H groups in total. The molecule has 3 aliphatic rings. The van der Waals surface area contributed by atoms with E-state index in [-0.39, 0.29) is 23.8 Å². The molecule has 1 aromatic heterocycles. The molecular weight excluding hydrogens is 418 g/mol. The highest BCUT2D eigenvalue weighted by Gasteiger charge is 2.42. The van der Waals surface area contributed by atoms with Crippen LogP contribution in [0, 0.1) is 17.8 Å². The van der Waals surface area contributed by atoms with E-state index in [2.05, 4.69) is 22.4 Å². The first kappa shape index (κ1) is 21.8. The summed E-state index contributed by atoms with van der Waals surface area (Å²) in [6, 6.07) is 11.2. The number of hydrogen-bond donors (Lipinski definition) is 1. The second-order valence-corrected chi connectivity index (χ2v) is 9.40. The zero-order valence-electron chi connectivity index (χ0n) is 19.0. The Morgan fingerprint density at radius 3 is 2.48 bits per heavy atom. The highest BCUT2D eigenvalue weighted by Crippen LogP contribution is 2.39. The summed E-state index contributed by atoms with van der Waals surface area (Å²) < 4.78 is 6.20. The van der Waals surface area contributed by atoms with Gasteiger partial charge in [0.25, 0.3) is 0 Å². The number of nitrogens with zero attached hydrogens (tertiary/aromatic N) is 4. The Morgan fingerprint density at radius 2 is 1.88 bits per heavy atom. The molecular formula is C25H31N5O3. The van der Waals surface area contributed by atoms with Gasteiger partial charge in [-0.2, -0.15) is 5.10 Å². The molecule has 2 aliphatic heterocycles. The minimum atomic E-state index is -0.0746. The summed E-state index contributed by atoms with van der Waals surface area (Å²) in [5.74, 6) is 2.35. The van der Waals surface area contributed by atoms with E-state index in [1.54, 1.807) is 23.2 Å². The van der Waals surface area contributed by atoms with Gasteiger partial charge in [0.1, 0.15) is 11.9 Å². The van der Waals surface area contributed by atoms with Crippen molar-refractivity contribution in [3.05, 3.63) is 42.6 Å². The molecule has 2 amide bonds. The van der Waals surface area contributed by atoms with Crippen LogP contribution in [0.2, 0.25) is 0 Å². The number of rotatable bonds is 6. The lowest BCUT2D eigenvalue weighted by atomic mass is 10.1. The van der Waals surface area contributed by atoms with Gasteiger partial charge in [0.2, 0.25) is 11.8 Å². The van der Waals surface area contributed by atoms with Gasteiger partial charge in [-0.25, -0.2) is 0 Å². The molecule has 0 spiro atoms. The van der Waals surface area contributed by atoms with Crippen molar-refractivity contribution in [1.82, 2.24) is 20.4 Å². The number of amides is 2. The molecule has 0 bridgehead atoms. The van der Waals surface area contributed by atoms with Crippen LogP contribution in [0.4, 0.5) is 11.5 Å². The van der Waals surface area contributed by atoms with Gasteiger partial charge in [0, 0.05) is 44.6 Å². The molecule has 2 aromatic rings. The number of hydrogen-bond acceptors (Lipinski definition) is 6. The summed E-state index contributed by atoms with van der Waals surface area (Å²) in [6.45, 7) is 5.19. The normalized spacial score (nSPS) is 25.0. The van der Waals surface area contributed by atoms with E-state index in [0.717, 1.165) is 56.8 Å². The number of likely N-dealkylation sites (tertiary alicyclic amines) is 1. The van der Waals surface area contributed by atoms with E-state index >= 15 is 0 Å². The Labute approximate surface area is 194 Å². The van der Waals surface area contributed by atoms with E-state index in [1.165, 1.54) is 0 Å². The van der Waals surface area contributed by atoms with Crippen LogP contribution in [0.1, 0.15) is 32.6 Å². The molecule has 5 rings (SSSR count). The first-order valence-corrected chi connectivity index (χ1v) is 12.0. The van der Waals surface area contributed by atoms with Crippen LogP contribution in [0.25, 0.3) is 0 Å². The monoisotopic (exact) mass is 449 g/mol. The number of ether oxygens (including phenoxy) is 1. The smallest absolute Gasteiger partial charge is 0.237 e. The third-order valence-corrected chi connectivity index (χ3v) is 7.00. The standard InChI is InChI=1S/C25H31N5O3/c1-17-15-22(17)25(32)29-13-9-21(10-14-29)33-20-6-4-19(5-7-20)30(23-3-2-11-27-28-23)24(31)18-8-12-26-16-18/h2-7,11,17-18,21-22,26H,8-10,12-16H2,1H3/t17?,18-,22?/m0/s1. The maximum absolute atomic E-state index is 13.3. The van der Waals surface area contributed by atoms with Crippen molar-refractivity contribution >= 4 is 23.3 Å². The van der Waals surface area contributed by atoms with E-state index in [0.29, 0.717) is 24.2 Å². The molecule has 174 valence electrons. The zero-order valence-corrected chi connectivity index (χ0v) is 19.0. The van der Waals surface area contributed by atoms with Crippen molar-refractivity contribution in [2.45, 2.75) is 38.7 Å². The van der Waals surface area contributed by atoms with Crippen molar-refractivity contribution in [3.63, 3.8) is 0 Å². The predicted molar refractivity (Wildman–Crippen MR) is 124 cm³/mol. The fourth-order valence-electron chi connectivity index (χ4n) is 4.79. The molecule has 1 aliphatic carbocycles. The number of carbonyl (C=O) groups is 2. The summed E-state index contributed by atoms with van der Waals surface area (Å²) in [7, 11) is 0. The predicted octanol–water partition coefficient (Wildman–Crippen LogP) is 2.78. The molecule has 33 heavy (non-hydrogen) atoms. The molecule has 0 radical (unpaired) electrons. The van der Waals surface area contributed by atoms with Crippen LogP contribution in [0.5, 0.6) is 5.75 Å². The maximum Gasteiger partial charge on any atom is 0.237 e. The maximum atomic E-state index is 13.3. The van der Waals surface area contributed by atoms with Gasteiger partial charge in [0.15, 0.2) is 5.82 Å². The van der Waals surface area contributed by atoms with Crippen molar-refractivity contribution in [1.29, 1.82) is 0 Å². The van der Waals surface area contributed by atoms with Crippen LogP contribution in [-0.2, 0) is 9.59 Å². The van der Waals surface area contributed by atoms with Gasteiger partial charge < -0.3 is 15.0 Å². The Kier molecular flexibility index (Phi) is 6.26. The van der Waals surface area contributed by atoms with Crippen molar-refractivity contribution in [2.75, 3.05) is 31.1 Å². The van der Waals surface area contributed by atoms with Gasteiger partial charge in [0.05, 0.1) is 11.6 Å². The average Bonchev–Trinajstić information content (AvgIpc) is 3.32. The number of carbonyl (C=O) groups excluding carboxylic acids is 2. The molecule has 8 heteroatoms. The number of nitrogens with one attached hydrogen (secondary N) is 1. The van der Waals surface area contributed by atoms with Gasteiger partial charge in [-0.15, -0.1) is 5.10 Å². The fourth-order valence-corrected chi connectivity index (χ4v) is 4.79. The minimum Gasteiger partial charge on any atom is -0.490 e. The topological polar surface area (TPSA) is 87.7 Å². The Balaban J connectivity index is 1.23. The second-order valence-electron chi connectivity index (χ2n) is 9.40.